The molecule has 103 heavy (non-hydrogen) atoms. The Balaban J connectivity index is 0.000000223. The Labute approximate surface area is 602 Å². The highest BCUT2D eigenvalue weighted by Gasteiger charge is 2.53. The predicted molar refractivity (Wildman–Crippen MR) is 380 cm³/mol. The summed E-state index contributed by atoms with van der Waals surface area (Å²) in [6.45, 7) is 11.8. The van der Waals surface area contributed by atoms with Crippen LogP contribution in [0.15, 0.2) is 182 Å². The summed E-state index contributed by atoms with van der Waals surface area (Å²) in [6.07, 6.45) is 3.42. The Bertz CT molecular complexity index is 3260. The number of carboxylic acid groups (broad SMARTS) is 3. The van der Waals surface area contributed by atoms with Crippen LogP contribution < -0.4 is 0 Å². The number of hydrogen-bond donors (Lipinski definition) is 4. The van der Waals surface area contributed by atoms with Gasteiger partial charge in [0.2, 0.25) is 17.7 Å². The van der Waals surface area contributed by atoms with Gasteiger partial charge in [0.25, 0.3) is 0 Å². The molecule has 3 aliphatic rings. The molecule has 0 saturated carbocycles. The van der Waals surface area contributed by atoms with Crippen molar-refractivity contribution in [2.45, 2.75) is 133 Å². The molecule has 25 nitrogen and oxygen atoms in total. The fourth-order valence-electron chi connectivity index (χ4n) is 12.7. The molecular formula is C78H98N6O19. The van der Waals surface area contributed by atoms with E-state index in [1.54, 1.807) is 0 Å². The Morgan fingerprint density at radius 2 is 0.563 bits per heavy atom. The van der Waals surface area contributed by atoms with Crippen LogP contribution in [-0.2, 0) is 111 Å². The summed E-state index contributed by atoms with van der Waals surface area (Å²) in [5.74, 6) is -7.18. The summed E-state index contributed by atoms with van der Waals surface area (Å²) < 4.78 is 15.3. The standard InChI is InChI=1S/3C24H30N2O4.C6H8O7/c3*1-20(27)26(30-19-22-11-7-4-8-12-22)24(23(28)29-2)14-17-25(18-15-24)16-13-21-9-5-3-6-10-21;7-3(8)1-6(13,5(11)12)2-4(9)10/h3*3-12H,13-19H2,1-2H3;13H,1-2H2,(H,7,8)(H,9,10)(H,11,12). The minimum absolute atomic E-state index is 0.219. The number of carbonyl (C=O) groups is 9. The first-order chi connectivity index (χ1) is 49.4. The number of piperidine rings is 3. The van der Waals surface area contributed by atoms with E-state index in [-0.39, 0.29) is 37.5 Å². The maximum atomic E-state index is 12.8. The molecule has 0 bridgehead atoms. The number of aliphatic hydroxyl groups is 1. The molecule has 3 heterocycles. The van der Waals surface area contributed by atoms with E-state index in [1.165, 1.54) is 74.0 Å². The van der Waals surface area contributed by atoms with Gasteiger partial charge in [-0.25, -0.2) is 34.4 Å². The minimum Gasteiger partial charge on any atom is -0.481 e. The van der Waals surface area contributed by atoms with Crippen LogP contribution in [0.1, 0.15) is 106 Å². The average Bonchev–Trinajstić information content (AvgIpc) is 0.790. The second-order valence-electron chi connectivity index (χ2n) is 25.5. The first-order valence-electron chi connectivity index (χ1n) is 34.3. The number of likely N-dealkylation sites (tertiary alicyclic amines) is 3. The van der Waals surface area contributed by atoms with E-state index in [2.05, 4.69) is 51.1 Å². The normalized spacial score (nSPS) is 15.4. The molecule has 4 N–H and O–H groups in total. The fraction of sp³-hybridized carbons (Fsp3) is 0.423. The number of amides is 3. The highest BCUT2D eigenvalue weighted by atomic mass is 16.7. The van der Waals surface area contributed by atoms with Crippen LogP contribution in [-0.4, -0.2) is 206 Å². The molecule has 0 atom stereocenters. The molecule has 0 spiro atoms. The van der Waals surface area contributed by atoms with Crippen molar-refractivity contribution in [3.05, 3.63) is 215 Å². The Morgan fingerprint density at radius 3 is 0.738 bits per heavy atom. The van der Waals surface area contributed by atoms with E-state index >= 15 is 0 Å². The van der Waals surface area contributed by atoms with Crippen molar-refractivity contribution in [3.8, 4) is 0 Å². The van der Waals surface area contributed by atoms with Crippen molar-refractivity contribution in [3.63, 3.8) is 0 Å². The number of nitrogens with zero attached hydrogens (tertiary/aromatic N) is 6. The van der Waals surface area contributed by atoms with E-state index in [1.807, 2.05) is 146 Å². The number of esters is 3. The van der Waals surface area contributed by atoms with E-state index in [0.717, 1.165) is 55.6 Å². The molecule has 0 aromatic heterocycles. The first kappa shape index (κ1) is 82.2. The molecule has 3 fully saturated rings. The van der Waals surface area contributed by atoms with Gasteiger partial charge in [0.05, 0.1) is 34.2 Å². The monoisotopic (exact) mass is 1420 g/mol. The molecule has 6 aromatic carbocycles. The summed E-state index contributed by atoms with van der Waals surface area (Å²) in [7, 11) is 4.09. The number of hydrogen-bond acceptors (Lipinski definition) is 19. The van der Waals surface area contributed by atoms with Crippen LogP contribution in [0, 0.1) is 0 Å². The third-order valence-electron chi connectivity index (χ3n) is 18.3. The first-order valence-corrected chi connectivity index (χ1v) is 34.3. The Kier molecular flexibility index (Phi) is 33.0. The zero-order valence-corrected chi connectivity index (χ0v) is 59.7. The topological polar surface area (TPSA) is 309 Å². The molecule has 25 heteroatoms. The lowest BCUT2D eigenvalue weighted by atomic mass is 9.86. The smallest absolute Gasteiger partial charge is 0.336 e. The summed E-state index contributed by atoms with van der Waals surface area (Å²) in [5, 5.41) is 37.6. The van der Waals surface area contributed by atoms with Gasteiger partial charge in [-0.2, -0.15) is 0 Å². The maximum Gasteiger partial charge on any atom is 0.336 e. The van der Waals surface area contributed by atoms with Crippen LogP contribution in [0.5, 0.6) is 0 Å². The molecule has 9 rings (SSSR count). The van der Waals surface area contributed by atoms with Gasteiger partial charge in [-0.3, -0.25) is 38.5 Å². The number of aliphatic carboxylic acids is 3. The molecule has 3 aliphatic heterocycles. The van der Waals surface area contributed by atoms with Crippen LogP contribution >= 0.6 is 0 Å². The van der Waals surface area contributed by atoms with Gasteiger partial charge >= 0.3 is 35.8 Å². The summed E-state index contributed by atoms with van der Waals surface area (Å²) in [4.78, 5) is 131. The van der Waals surface area contributed by atoms with Gasteiger partial charge in [-0.15, -0.1) is 0 Å². The largest absolute Gasteiger partial charge is 0.481 e. The summed E-state index contributed by atoms with van der Waals surface area (Å²) in [6, 6.07) is 59.9. The second kappa shape index (κ2) is 41.4. The molecular weight excluding hydrogens is 1320 g/mol. The van der Waals surface area contributed by atoms with Gasteiger partial charge in [0.1, 0.15) is 19.8 Å². The third-order valence-corrected chi connectivity index (χ3v) is 18.3. The number of rotatable bonds is 29. The van der Waals surface area contributed by atoms with Crippen molar-refractivity contribution in [2.24, 2.45) is 0 Å². The van der Waals surface area contributed by atoms with Gasteiger partial charge in [0, 0.05) is 79.7 Å². The Morgan fingerprint density at radius 1 is 0.359 bits per heavy atom. The SMILES string of the molecule is COC(=O)C1(N(OCc2ccccc2)C(C)=O)CCN(CCc2ccccc2)CC1.COC(=O)C1(N(OCc2ccccc2)C(C)=O)CCN(CCc2ccccc2)CC1.COC(=O)C1(N(OCc2ccccc2)C(C)=O)CCN(CCc2ccccc2)CC1.O=C(O)CC(O)(CC(=O)O)C(=O)O. The summed E-state index contributed by atoms with van der Waals surface area (Å²) in [5.41, 5.74) is 0.641. The van der Waals surface area contributed by atoms with E-state index < -0.39 is 70.9 Å². The van der Waals surface area contributed by atoms with Crippen LogP contribution in [0.4, 0.5) is 0 Å². The zero-order valence-electron chi connectivity index (χ0n) is 59.7. The molecule has 0 aliphatic carbocycles. The molecule has 6 aromatic rings. The van der Waals surface area contributed by atoms with Crippen LogP contribution in [0.3, 0.4) is 0 Å². The highest BCUT2D eigenvalue weighted by molar-refractivity contribution is 5.89. The minimum atomic E-state index is -2.74. The van der Waals surface area contributed by atoms with Crippen molar-refractivity contribution < 1.29 is 92.3 Å². The number of methoxy groups -OCH3 is 3. The lowest BCUT2D eigenvalue weighted by molar-refractivity contribution is -0.239. The molecule has 3 amide bonds. The van der Waals surface area contributed by atoms with E-state index in [9.17, 15) is 43.2 Å². The number of benzene rings is 6. The van der Waals surface area contributed by atoms with Gasteiger partial charge < -0.3 is 49.3 Å². The van der Waals surface area contributed by atoms with Crippen LogP contribution in [0.25, 0.3) is 0 Å². The summed E-state index contributed by atoms with van der Waals surface area (Å²) >= 11 is 0. The van der Waals surface area contributed by atoms with Gasteiger partial charge in [-0.1, -0.05) is 182 Å². The lowest BCUT2D eigenvalue weighted by Gasteiger charge is -2.45. The van der Waals surface area contributed by atoms with Crippen molar-refractivity contribution in [2.75, 3.05) is 80.2 Å². The molecule has 0 radical (unpaired) electrons. The Hall–Kier alpha value is -9.73. The zero-order chi connectivity index (χ0) is 74.8. The number of hydroxylamine groups is 6. The van der Waals surface area contributed by atoms with Crippen molar-refractivity contribution in [1.29, 1.82) is 0 Å². The number of carbonyl (C=O) groups excluding carboxylic acids is 6. The third kappa shape index (κ3) is 24.8. The predicted octanol–water partition coefficient (Wildman–Crippen LogP) is 8.40. The average molecular weight is 1420 g/mol. The van der Waals surface area contributed by atoms with E-state index in [4.69, 9.17) is 49.1 Å². The maximum absolute atomic E-state index is 12.8. The molecule has 554 valence electrons. The second-order valence-corrected chi connectivity index (χ2v) is 25.5. The van der Waals surface area contributed by atoms with Crippen molar-refractivity contribution in [1.82, 2.24) is 29.9 Å². The van der Waals surface area contributed by atoms with Gasteiger partial charge in [-0.05, 0) is 91.2 Å². The highest BCUT2D eigenvalue weighted by Crippen LogP contribution is 2.35. The number of ether oxygens (including phenoxy) is 3. The van der Waals surface area contributed by atoms with Crippen molar-refractivity contribution >= 4 is 53.5 Å². The van der Waals surface area contributed by atoms with Gasteiger partial charge in [0.15, 0.2) is 22.2 Å². The lowest BCUT2D eigenvalue weighted by Crippen LogP contribution is -2.61. The number of carboxylic acids is 3. The fourth-order valence-corrected chi connectivity index (χ4v) is 12.7. The van der Waals surface area contributed by atoms with E-state index in [0.29, 0.717) is 77.8 Å². The van der Waals surface area contributed by atoms with Crippen LogP contribution in [0.2, 0.25) is 0 Å². The quantitative estimate of drug-likeness (QED) is 0.0194. The molecule has 0 unspecified atom stereocenters. The molecule has 3 saturated heterocycles.